The van der Waals surface area contributed by atoms with Crippen molar-refractivity contribution in [2.75, 3.05) is 5.32 Å². The lowest BCUT2D eigenvalue weighted by Crippen LogP contribution is -2.23. The summed E-state index contributed by atoms with van der Waals surface area (Å²) in [6, 6.07) is 13.1. The SMILES string of the molecule is O=c1c2ccc(Nc3ccnc4cc(Cl)ccc34)cc2ncn1C[C]1[CH][CH][CH][CH]1. The van der Waals surface area contributed by atoms with E-state index in [2.05, 4.69) is 15.3 Å². The summed E-state index contributed by atoms with van der Waals surface area (Å²) in [5.41, 5.74) is 3.18. The lowest BCUT2D eigenvalue weighted by atomic mass is 10.1. The van der Waals surface area contributed by atoms with Crippen molar-refractivity contribution in [1.29, 1.82) is 0 Å². The van der Waals surface area contributed by atoms with Crippen LogP contribution >= 0.6 is 11.6 Å². The zero-order valence-corrected chi connectivity index (χ0v) is 16.1. The van der Waals surface area contributed by atoms with Crippen LogP contribution in [0.1, 0.15) is 0 Å². The predicted molar refractivity (Wildman–Crippen MR) is 116 cm³/mol. The monoisotopic (exact) mass is 399 g/mol. The minimum absolute atomic E-state index is 0.0493. The van der Waals surface area contributed by atoms with Gasteiger partial charge in [-0.05, 0) is 68.1 Å². The summed E-state index contributed by atoms with van der Waals surface area (Å²) in [6.45, 7) is 0.514. The molecule has 2 heterocycles. The molecule has 2 aromatic carbocycles. The maximum atomic E-state index is 12.8. The van der Waals surface area contributed by atoms with Gasteiger partial charge in [-0.2, -0.15) is 0 Å². The van der Waals surface area contributed by atoms with Gasteiger partial charge in [0, 0.05) is 40.4 Å². The number of anilines is 2. The number of pyridine rings is 1. The molecule has 5 rings (SSSR count). The van der Waals surface area contributed by atoms with E-state index in [1.807, 2.05) is 68.1 Å². The minimum atomic E-state index is -0.0493. The number of aromatic nitrogens is 3. The molecule has 5 radical (unpaired) electrons. The summed E-state index contributed by atoms with van der Waals surface area (Å²) in [5.74, 6) is 1.08. The third-order valence-corrected chi connectivity index (χ3v) is 5.13. The van der Waals surface area contributed by atoms with Gasteiger partial charge < -0.3 is 5.32 Å². The summed E-state index contributed by atoms with van der Waals surface area (Å²) >= 11 is 6.07. The Bertz CT molecular complexity index is 1260. The van der Waals surface area contributed by atoms with Crippen molar-refractivity contribution in [1.82, 2.24) is 14.5 Å². The molecule has 1 N–H and O–H groups in total. The van der Waals surface area contributed by atoms with E-state index in [1.165, 1.54) is 0 Å². The molecular weight excluding hydrogens is 384 g/mol. The van der Waals surface area contributed by atoms with Crippen molar-refractivity contribution in [3.8, 4) is 0 Å². The molecule has 0 bridgehead atoms. The van der Waals surface area contributed by atoms with Crippen LogP contribution in [0.5, 0.6) is 0 Å². The van der Waals surface area contributed by atoms with Crippen LogP contribution in [0.25, 0.3) is 21.8 Å². The first-order valence-electron chi connectivity index (χ1n) is 9.18. The van der Waals surface area contributed by atoms with Crippen molar-refractivity contribution in [2.45, 2.75) is 6.54 Å². The number of rotatable bonds is 4. The van der Waals surface area contributed by atoms with E-state index in [0.717, 1.165) is 28.2 Å². The molecule has 2 aromatic heterocycles. The molecule has 5 nitrogen and oxygen atoms in total. The van der Waals surface area contributed by atoms with Gasteiger partial charge in [0.2, 0.25) is 0 Å². The Kier molecular flexibility index (Phi) is 4.68. The van der Waals surface area contributed by atoms with Gasteiger partial charge in [0.05, 0.1) is 22.7 Å². The molecule has 141 valence electrons. The highest BCUT2D eigenvalue weighted by Crippen LogP contribution is 2.28. The lowest BCUT2D eigenvalue weighted by molar-refractivity contribution is 0.703. The number of hydrogen-bond acceptors (Lipinski definition) is 4. The topological polar surface area (TPSA) is 59.8 Å². The molecule has 1 saturated carbocycles. The molecule has 4 aromatic rings. The zero-order valence-electron chi connectivity index (χ0n) is 15.3. The van der Waals surface area contributed by atoms with Crippen LogP contribution < -0.4 is 10.9 Å². The molecule has 0 spiro atoms. The molecule has 1 fully saturated rings. The van der Waals surface area contributed by atoms with Gasteiger partial charge in [-0.25, -0.2) is 4.98 Å². The highest BCUT2D eigenvalue weighted by molar-refractivity contribution is 6.31. The summed E-state index contributed by atoms with van der Waals surface area (Å²) in [6.07, 6.45) is 11.3. The molecule has 0 aliphatic heterocycles. The van der Waals surface area contributed by atoms with Gasteiger partial charge in [-0.15, -0.1) is 0 Å². The Morgan fingerprint density at radius 1 is 0.931 bits per heavy atom. The van der Waals surface area contributed by atoms with E-state index in [9.17, 15) is 4.79 Å². The maximum absolute atomic E-state index is 12.8. The second-order valence-electron chi connectivity index (χ2n) is 6.85. The van der Waals surface area contributed by atoms with Crippen LogP contribution in [-0.4, -0.2) is 14.5 Å². The molecule has 0 amide bonds. The Morgan fingerprint density at radius 3 is 2.59 bits per heavy atom. The Labute approximate surface area is 173 Å². The number of hydrogen-bond donors (Lipinski definition) is 1. The van der Waals surface area contributed by atoms with Crippen molar-refractivity contribution >= 4 is 44.8 Å². The van der Waals surface area contributed by atoms with Crippen LogP contribution in [0, 0.1) is 31.6 Å². The largest absolute Gasteiger partial charge is 0.355 e. The number of nitrogens with zero attached hydrogens (tertiary/aromatic N) is 3. The van der Waals surface area contributed by atoms with Crippen LogP contribution in [0.3, 0.4) is 0 Å². The van der Waals surface area contributed by atoms with Crippen LogP contribution in [0.4, 0.5) is 11.4 Å². The van der Waals surface area contributed by atoms with Gasteiger partial charge in [-0.3, -0.25) is 14.3 Å². The first-order valence-corrected chi connectivity index (χ1v) is 9.56. The van der Waals surface area contributed by atoms with Gasteiger partial charge in [0.1, 0.15) is 0 Å². The summed E-state index contributed by atoms with van der Waals surface area (Å²) in [5, 5.41) is 5.61. The highest BCUT2D eigenvalue weighted by Gasteiger charge is 2.18. The van der Waals surface area contributed by atoms with Gasteiger partial charge in [-0.1, -0.05) is 11.6 Å². The third kappa shape index (κ3) is 3.58. The van der Waals surface area contributed by atoms with Crippen LogP contribution in [-0.2, 0) is 6.54 Å². The van der Waals surface area contributed by atoms with Crippen LogP contribution in [0.2, 0.25) is 5.02 Å². The number of nitrogens with one attached hydrogen (secondary N) is 1. The average Bonchev–Trinajstić information content (AvgIpc) is 3.23. The predicted octanol–water partition coefficient (Wildman–Crippen LogP) is 4.75. The minimum Gasteiger partial charge on any atom is -0.355 e. The summed E-state index contributed by atoms with van der Waals surface area (Å²) in [7, 11) is 0. The molecule has 1 aliphatic rings. The molecule has 6 heteroatoms. The maximum Gasteiger partial charge on any atom is 0.261 e. The van der Waals surface area contributed by atoms with Gasteiger partial charge in [0.15, 0.2) is 0 Å². The molecule has 1 aliphatic carbocycles. The second-order valence-corrected chi connectivity index (χ2v) is 7.28. The fraction of sp³-hybridized carbons (Fsp3) is 0.0435. The second kappa shape index (κ2) is 7.48. The van der Waals surface area contributed by atoms with E-state index in [1.54, 1.807) is 17.1 Å². The van der Waals surface area contributed by atoms with E-state index >= 15 is 0 Å². The molecule has 0 unspecified atom stereocenters. The van der Waals surface area contributed by atoms with E-state index in [-0.39, 0.29) is 5.56 Å². The molecule has 0 saturated heterocycles. The fourth-order valence-electron chi connectivity index (χ4n) is 3.45. The van der Waals surface area contributed by atoms with Gasteiger partial charge in [0.25, 0.3) is 5.56 Å². The highest BCUT2D eigenvalue weighted by atomic mass is 35.5. The van der Waals surface area contributed by atoms with Crippen molar-refractivity contribution < 1.29 is 0 Å². The number of fused-ring (bicyclic) bond motifs is 2. The lowest BCUT2D eigenvalue weighted by Gasteiger charge is -2.12. The van der Waals surface area contributed by atoms with E-state index in [4.69, 9.17) is 11.6 Å². The van der Waals surface area contributed by atoms with Crippen LogP contribution in [0.15, 0.2) is 59.8 Å². The average molecular weight is 400 g/mol. The molecular formula is C23H16ClN4O. The number of halogens is 1. The summed E-state index contributed by atoms with van der Waals surface area (Å²) in [4.78, 5) is 21.7. The fourth-order valence-corrected chi connectivity index (χ4v) is 3.62. The Balaban J connectivity index is 1.47. The molecule has 29 heavy (non-hydrogen) atoms. The summed E-state index contributed by atoms with van der Waals surface area (Å²) < 4.78 is 1.63. The quantitative estimate of drug-likeness (QED) is 0.538. The number of benzene rings is 2. The van der Waals surface area contributed by atoms with E-state index < -0.39 is 0 Å². The Morgan fingerprint density at radius 2 is 1.72 bits per heavy atom. The van der Waals surface area contributed by atoms with Crippen molar-refractivity contribution in [2.24, 2.45) is 0 Å². The first-order chi connectivity index (χ1) is 14.2. The standard InChI is InChI=1S/C23H16ClN4O/c24-16-5-7-18-20(9-10-25-21(18)11-16)27-17-6-8-19-22(12-17)26-14-28(23(19)29)13-15-3-1-2-4-15/h1-12,14H,13H2,(H,25,27). The first kappa shape index (κ1) is 18.1. The third-order valence-electron chi connectivity index (χ3n) is 4.89. The van der Waals surface area contributed by atoms with E-state index in [0.29, 0.717) is 22.5 Å². The normalized spacial score (nSPS) is 14.7. The van der Waals surface area contributed by atoms with Crippen molar-refractivity contribution in [3.05, 3.63) is 102 Å². The zero-order chi connectivity index (χ0) is 19.8. The smallest absolute Gasteiger partial charge is 0.261 e. The van der Waals surface area contributed by atoms with Crippen molar-refractivity contribution in [3.63, 3.8) is 0 Å². The Hall–Kier alpha value is -2.92. The molecule has 0 atom stereocenters. The van der Waals surface area contributed by atoms with Gasteiger partial charge >= 0.3 is 0 Å².